The largest absolute Gasteiger partial charge is 0.493 e. The SMILES string of the molecule is COCc1nnc(NC(=O)c2c(C)nc3c(OC)cccn23)s1. The predicted octanol–water partition coefficient (Wildman–Crippen LogP) is 1.90. The van der Waals surface area contributed by atoms with Crippen LogP contribution in [-0.2, 0) is 11.3 Å². The number of aryl methyl sites for hydroxylation is 1. The molecule has 0 atom stereocenters. The number of anilines is 1. The van der Waals surface area contributed by atoms with Crippen LogP contribution in [0.2, 0.25) is 0 Å². The minimum atomic E-state index is -0.302. The van der Waals surface area contributed by atoms with Crippen LogP contribution >= 0.6 is 11.3 Å². The van der Waals surface area contributed by atoms with E-state index in [9.17, 15) is 4.79 Å². The van der Waals surface area contributed by atoms with Gasteiger partial charge in [0, 0.05) is 13.3 Å². The lowest BCUT2D eigenvalue weighted by Gasteiger charge is -2.04. The summed E-state index contributed by atoms with van der Waals surface area (Å²) in [5, 5.41) is 11.7. The molecule has 3 aromatic heterocycles. The standard InChI is InChI=1S/C14H15N5O3S/c1-8-11(19-6-4-5-9(22-3)12(19)15-8)13(20)16-14-18-17-10(23-14)7-21-2/h4-6H,7H2,1-3H3,(H,16,18,20). The summed E-state index contributed by atoms with van der Waals surface area (Å²) in [7, 11) is 3.15. The molecule has 0 aliphatic heterocycles. The number of nitrogens with zero attached hydrogens (tertiary/aromatic N) is 4. The fraction of sp³-hybridized carbons (Fsp3) is 0.286. The van der Waals surface area contributed by atoms with Crippen LogP contribution in [-0.4, -0.2) is 39.7 Å². The Labute approximate surface area is 136 Å². The molecule has 0 saturated carbocycles. The molecule has 0 aromatic carbocycles. The quantitative estimate of drug-likeness (QED) is 0.767. The fourth-order valence-corrected chi connectivity index (χ4v) is 2.94. The summed E-state index contributed by atoms with van der Waals surface area (Å²) in [6.45, 7) is 2.14. The second kappa shape index (κ2) is 6.31. The molecule has 3 aromatic rings. The number of methoxy groups -OCH3 is 2. The summed E-state index contributed by atoms with van der Waals surface area (Å²) < 4.78 is 12.0. The Bertz CT molecular complexity index is 857. The zero-order valence-corrected chi connectivity index (χ0v) is 13.7. The number of ether oxygens (including phenoxy) is 2. The number of hydrogen-bond acceptors (Lipinski definition) is 7. The van der Waals surface area contributed by atoms with Gasteiger partial charge in [-0.3, -0.25) is 14.5 Å². The number of imidazole rings is 1. The van der Waals surface area contributed by atoms with Crippen LogP contribution in [0.15, 0.2) is 18.3 Å². The van der Waals surface area contributed by atoms with E-state index in [-0.39, 0.29) is 5.91 Å². The molecule has 120 valence electrons. The molecule has 8 nitrogen and oxygen atoms in total. The molecule has 9 heteroatoms. The van der Waals surface area contributed by atoms with E-state index < -0.39 is 0 Å². The number of fused-ring (bicyclic) bond motifs is 1. The minimum absolute atomic E-state index is 0.302. The molecule has 23 heavy (non-hydrogen) atoms. The van der Waals surface area contributed by atoms with Gasteiger partial charge in [-0.25, -0.2) is 4.98 Å². The molecular weight excluding hydrogens is 318 g/mol. The van der Waals surface area contributed by atoms with Crippen LogP contribution in [0, 0.1) is 6.92 Å². The molecule has 0 aliphatic carbocycles. The van der Waals surface area contributed by atoms with Crippen LogP contribution in [0.5, 0.6) is 5.75 Å². The van der Waals surface area contributed by atoms with Crippen molar-refractivity contribution in [3.63, 3.8) is 0 Å². The highest BCUT2D eigenvalue weighted by Crippen LogP contribution is 2.23. The summed E-state index contributed by atoms with van der Waals surface area (Å²) in [5.74, 6) is 0.302. The summed E-state index contributed by atoms with van der Waals surface area (Å²) in [5.41, 5.74) is 1.63. The highest BCUT2D eigenvalue weighted by Gasteiger charge is 2.20. The van der Waals surface area contributed by atoms with Crippen molar-refractivity contribution in [2.45, 2.75) is 13.5 Å². The van der Waals surface area contributed by atoms with Gasteiger partial charge in [0.2, 0.25) is 5.13 Å². The van der Waals surface area contributed by atoms with Gasteiger partial charge >= 0.3 is 0 Å². The first kappa shape index (κ1) is 15.4. The Kier molecular flexibility index (Phi) is 4.22. The summed E-state index contributed by atoms with van der Waals surface area (Å²) in [6.07, 6.45) is 1.77. The molecule has 0 fully saturated rings. The highest BCUT2D eigenvalue weighted by molar-refractivity contribution is 7.15. The van der Waals surface area contributed by atoms with Crippen LogP contribution in [0.3, 0.4) is 0 Å². The van der Waals surface area contributed by atoms with Gasteiger partial charge in [0.25, 0.3) is 5.91 Å². The van der Waals surface area contributed by atoms with Crippen molar-refractivity contribution in [2.24, 2.45) is 0 Å². The summed E-state index contributed by atoms with van der Waals surface area (Å²) in [6, 6.07) is 3.59. The van der Waals surface area contributed by atoms with E-state index in [1.807, 2.05) is 0 Å². The van der Waals surface area contributed by atoms with E-state index in [0.717, 1.165) is 0 Å². The Hall–Kier alpha value is -2.52. The molecule has 1 N–H and O–H groups in total. The Morgan fingerprint density at radius 1 is 1.39 bits per heavy atom. The second-order valence-corrected chi connectivity index (χ2v) is 5.77. The Morgan fingerprint density at radius 2 is 2.22 bits per heavy atom. The van der Waals surface area contributed by atoms with Crippen LogP contribution in [0.25, 0.3) is 5.65 Å². The maximum atomic E-state index is 12.6. The lowest BCUT2D eigenvalue weighted by atomic mass is 10.3. The van der Waals surface area contributed by atoms with Gasteiger partial charge in [-0.15, -0.1) is 10.2 Å². The number of pyridine rings is 1. The zero-order chi connectivity index (χ0) is 16.4. The van der Waals surface area contributed by atoms with Crippen molar-refractivity contribution in [3.05, 3.63) is 34.7 Å². The number of nitrogens with one attached hydrogen (secondary N) is 1. The van der Waals surface area contributed by atoms with Crippen LogP contribution < -0.4 is 10.1 Å². The van der Waals surface area contributed by atoms with Crippen molar-refractivity contribution in [3.8, 4) is 5.75 Å². The van der Waals surface area contributed by atoms with Crippen molar-refractivity contribution in [1.82, 2.24) is 19.6 Å². The van der Waals surface area contributed by atoms with Crippen molar-refractivity contribution in [2.75, 3.05) is 19.5 Å². The molecular formula is C14H15N5O3S. The molecule has 0 bridgehead atoms. The van der Waals surface area contributed by atoms with E-state index in [4.69, 9.17) is 9.47 Å². The second-order valence-electron chi connectivity index (χ2n) is 4.70. The van der Waals surface area contributed by atoms with E-state index >= 15 is 0 Å². The van der Waals surface area contributed by atoms with Crippen LogP contribution in [0.1, 0.15) is 21.2 Å². The number of rotatable bonds is 5. The average molecular weight is 333 g/mol. The van der Waals surface area contributed by atoms with E-state index in [0.29, 0.717) is 39.5 Å². The third-order valence-electron chi connectivity index (χ3n) is 3.18. The molecule has 1 amide bonds. The monoisotopic (exact) mass is 333 g/mol. The number of carbonyl (C=O) groups excluding carboxylic acids is 1. The van der Waals surface area contributed by atoms with Gasteiger partial charge < -0.3 is 9.47 Å². The minimum Gasteiger partial charge on any atom is -0.493 e. The molecule has 0 unspecified atom stereocenters. The first-order chi connectivity index (χ1) is 11.1. The number of aromatic nitrogens is 4. The van der Waals surface area contributed by atoms with Gasteiger partial charge in [-0.1, -0.05) is 11.3 Å². The van der Waals surface area contributed by atoms with Gasteiger partial charge in [0.1, 0.15) is 17.3 Å². The highest BCUT2D eigenvalue weighted by atomic mass is 32.1. The third-order valence-corrected chi connectivity index (χ3v) is 3.99. The number of carbonyl (C=O) groups is 1. The molecule has 0 radical (unpaired) electrons. The Morgan fingerprint density at radius 3 is 2.96 bits per heavy atom. The molecule has 0 spiro atoms. The molecule has 3 rings (SSSR count). The topological polar surface area (TPSA) is 90.6 Å². The van der Waals surface area contributed by atoms with Crippen LogP contribution in [0.4, 0.5) is 5.13 Å². The predicted molar refractivity (Wildman–Crippen MR) is 85.1 cm³/mol. The first-order valence-electron chi connectivity index (χ1n) is 6.78. The molecule has 0 aliphatic rings. The zero-order valence-electron chi connectivity index (χ0n) is 12.9. The van der Waals surface area contributed by atoms with Gasteiger partial charge in [0.05, 0.1) is 12.8 Å². The smallest absolute Gasteiger partial charge is 0.276 e. The maximum absolute atomic E-state index is 12.6. The van der Waals surface area contributed by atoms with Crippen molar-refractivity contribution < 1.29 is 14.3 Å². The summed E-state index contributed by atoms with van der Waals surface area (Å²) in [4.78, 5) is 17.0. The third kappa shape index (κ3) is 2.88. The van der Waals surface area contributed by atoms with Crippen molar-refractivity contribution in [1.29, 1.82) is 0 Å². The lowest BCUT2D eigenvalue weighted by Crippen LogP contribution is -2.15. The normalized spacial score (nSPS) is 10.9. The van der Waals surface area contributed by atoms with E-state index in [1.54, 1.807) is 43.9 Å². The van der Waals surface area contributed by atoms with Gasteiger partial charge in [0.15, 0.2) is 11.4 Å². The average Bonchev–Trinajstić information content (AvgIpc) is 3.10. The Balaban J connectivity index is 1.92. The molecule has 3 heterocycles. The van der Waals surface area contributed by atoms with Gasteiger partial charge in [-0.2, -0.15) is 0 Å². The lowest BCUT2D eigenvalue weighted by molar-refractivity contribution is 0.102. The first-order valence-corrected chi connectivity index (χ1v) is 7.60. The van der Waals surface area contributed by atoms with E-state index in [2.05, 4.69) is 20.5 Å². The van der Waals surface area contributed by atoms with Gasteiger partial charge in [-0.05, 0) is 19.1 Å². The number of amides is 1. The summed E-state index contributed by atoms with van der Waals surface area (Å²) >= 11 is 1.27. The molecule has 0 saturated heterocycles. The fourth-order valence-electron chi connectivity index (χ4n) is 2.23. The maximum Gasteiger partial charge on any atom is 0.276 e. The van der Waals surface area contributed by atoms with Crippen molar-refractivity contribution >= 4 is 28.0 Å². The van der Waals surface area contributed by atoms with E-state index in [1.165, 1.54) is 11.3 Å². The number of hydrogen-bond donors (Lipinski definition) is 1.